The summed E-state index contributed by atoms with van der Waals surface area (Å²) >= 11 is 0. The Morgan fingerprint density at radius 3 is 2.67 bits per heavy atom. The molecular weight excluding hydrogens is 267 g/mol. The summed E-state index contributed by atoms with van der Waals surface area (Å²) < 4.78 is 13.4. The molecule has 0 atom stereocenters. The van der Waals surface area contributed by atoms with Crippen molar-refractivity contribution in [2.24, 2.45) is 0 Å². The zero-order valence-corrected chi connectivity index (χ0v) is 12.1. The summed E-state index contributed by atoms with van der Waals surface area (Å²) in [7, 11) is 0. The highest BCUT2D eigenvalue weighted by molar-refractivity contribution is 5.36. The number of nitrogens with one attached hydrogen (secondary N) is 1. The van der Waals surface area contributed by atoms with Gasteiger partial charge in [-0.05, 0) is 43.5 Å². The topological polar surface area (TPSA) is 50.7 Å². The summed E-state index contributed by atoms with van der Waals surface area (Å²) in [6.07, 6.45) is 2.92. The van der Waals surface area contributed by atoms with E-state index in [1.807, 2.05) is 37.3 Å². The van der Waals surface area contributed by atoms with Crippen LogP contribution < -0.4 is 5.32 Å². The number of alkyl halides is 1. The Kier molecular flexibility index (Phi) is 3.82. The first-order chi connectivity index (χ1) is 10.2. The molecule has 110 valence electrons. The molecule has 2 aromatic heterocycles. The Labute approximate surface area is 123 Å². The zero-order valence-electron chi connectivity index (χ0n) is 12.1. The Bertz CT molecular complexity index is 579. The predicted octanol–water partition coefficient (Wildman–Crippen LogP) is 2.92. The van der Waals surface area contributed by atoms with Crippen LogP contribution in [0.25, 0.3) is 0 Å². The minimum Gasteiger partial charge on any atom is -0.368 e. The van der Waals surface area contributed by atoms with E-state index in [4.69, 9.17) is 0 Å². The molecule has 2 aromatic rings. The van der Waals surface area contributed by atoms with Gasteiger partial charge in [0.25, 0.3) is 0 Å². The number of rotatable bonds is 5. The van der Waals surface area contributed by atoms with Gasteiger partial charge in [0, 0.05) is 23.9 Å². The van der Waals surface area contributed by atoms with Crippen LogP contribution in [0, 0.1) is 0 Å². The molecule has 2 heterocycles. The van der Waals surface area contributed by atoms with Gasteiger partial charge in [0.05, 0.1) is 5.69 Å². The summed E-state index contributed by atoms with van der Waals surface area (Å²) in [5, 5.41) is 11.6. The number of nitrogens with zero attached hydrogens (tertiary/aromatic N) is 3. The molecule has 0 amide bonds. The van der Waals surface area contributed by atoms with E-state index in [9.17, 15) is 4.39 Å². The van der Waals surface area contributed by atoms with Crippen LogP contribution in [-0.2, 0) is 11.8 Å². The number of halogens is 1. The van der Waals surface area contributed by atoms with Gasteiger partial charge in [-0.3, -0.25) is 4.98 Å². The summed E-state index contributed by atoms with van der Waals surface area (Å²) in [6.45, 7) is 2.67. The molecule has 0 aromatic carbocycles. The second-order valence-corrected chi connectivity index (χ2v) is 5.62. The summed E-state index contributed by atoms with van der Waals surface area (Å²) in [5.41, 5.74) is 1.68. The Morgan fingerprint density at radius 2 is 2.10 bits per heavy atom. The van der Waals surface area contributed by atoms with Crippen molar-refractivity contribution in [3.63, 3.8) is 0 Å². The standard InChI is InChI=1S/C16H19FN4/c1-2-13-6-7-15(21-20-13)19-11-16(9-12(17)10-16)14-5-3-4-8-18-14/h3-8,12H,2,9-11H2,1H3,(H,19,21). The van der Waals surface area contributed by atoms with Gasteiger partial charge >= 0.3 is 0 Å². The lowest BCUT2D eigenvalue weighted by Crippen LogP contribution is -2.48. The molecule has 5 heteroatoms. The van der Waals surface area contributed by atoms with E-state index in [0.29, 0.717) is 19.4 Å². The number of pyridine rings is 1. The molecule has 0 radical (unpaired) electrons. The average molecular weight is 286 g/mol. The highest BCUT2D eigenvalue weighted by Gasteiger charge is 2.46. The molecular formula is C16H19FN4. The minimum absolute atomic E-state index is 0.230. The maximum Gasteiger partial charge on any atom is 0.148 e. The normalized spacial score (nSPS) is 24.4. The molecule has 4 nitrogen and oxygen atoms in total. The highest BCUT2D eigenvalue weighted by atomic mass is 19.1. The molecule has 1 saturated carbocycles. The van der Waals surface area contributed by atoms with Crippen LogP contribution in [0.15, 0.2) is 36.5 Å². The molecule has 1 N–H and O–H groups in total. The zero-order chi connectivity index (χ0) is 14.7. The molecule has 0 saturated heterocycles. The quantitative estimate of drug-likeness (QED) is 0.918. The van der Waals surface area contributed by atoms with Crippen molar-refractivity contribution in [3.05, 3.63) is 47.9 Å². The lowest BCUT2D eigenvalue weighted by atomic mass is 9.65. The largest absolute Gasteiger partial charge is 0.368 e. The van der Waals surface area contributed by atoms with Crippen molar-refractivity contribution in [2.75, 3.05) is 11.9 Å². The third-order valence-electron chi connectivity index (χ3n) is 4.12. The average Bonchev–Trinajstić information content (AvgIpc) is 2.51. The molecule has 3 rings (SSSR count). The van der Waals surface area contributed by atoms with Crippen LogP contribution in [-0.4, -0.2) is 27.9 Å². The Balaban J connectivity index is 1.71. The van der Waals surface area contributed by atoms with E-state index < -0.39 is 6.17 Å². The smallest absolute Gasteiger partial charge is 0.148 e. The SMILES string of the molecule is CCc1ccc(NCC2(c3ccccn3)CC(F)C2)nn1. The van der Waals surface area contributed by atoms with E-state index in [2.05, 4.69) is 20.5 Å². The van der Waals surface area contributed by atoms with Crippen molar-refractivity contribution in [1.29, 1.82) is 0 Å². The van der Waals surface area contributed by atoms with Crippen LogP contribution in [0.4, 0.5) is 10.2 Å². The fourth-order valence-electron chi connectivity index (χ4n) is 2.81. The van der Waals surface area contributed by atoms with Gasteiger partial charge in [-0.2, -0.15) is 5.10 Å². The van der Waals surface area contributed by atoms with Crippen LogP contribution in [0.3, 0.4) is 0 Å². The van der Waals surface area contributed by atoms with Crippen LogP contribution >= 0.6 is 0 Å². The van der Waals surface area contributed by atoms with E-state index >= 15 is 0 Å². The van der Waals surface area contributed by atoms with Crippen LogP contribution in [0.5, 0.6) is 0 Å². The monoisotopic (exact) mass is 286 g/mol. The number of aryl methyl sites for hydroxylation is 1. The summed E-state index contributed by atoms with van der Waals surface area (Å²) in [5.74, 6) is 0.727. The van der Waals surface area contributed by atoms with E-state index in [0.717, 1.165) is 23.6 Å². The molecule has 0 spiro atoms. The van der Waals surface area contributed by atoms with E-state index in [-0.39, 0.29) is 5.41 Å². The summed E-state index contributed by atoms with van der Waals surface area (Å²) in [4.78, 5) is 4.40. The van der Waals surface area contributed by atoms with Crippen molar-refractivity contribution in [2.45, 2.75) is 37.8 Å². The van der Waals surface area contributed by atoms with Gasteiger partial charge < -0.3 is 5.32 Å². The van der Waals surface area contributed by atoms with Crippen molar-refractivity contribution < 1.29 is 4.39 Å². The predicted molar refractivity (Wildman–Crippen MR) is 79.9 cm³/mol. The van der Waals surface area contributed by atoms with Gasteiger partial charge in [0.1, 0.15) is 12.0 Å². The number of hydrogen-bond donors (Lipinski definition) is 1. The molecule has 21 heavy (non-hydrogen) atoms. The van der Waals surface area contributed by atoms with Gasteiger partial charge in [-0.1, -0.05) is 13.0 Å². The Morgan fingerprint density at radius 1 is 1.24 bits per heavy atom. The lowest BCUT2D eigenvalue weighted by Gasteiger charge is -2.43. The minimum atomic E-state index is -0.734. The van der Waals surface area contributed by atoms with E-state index in [1.54, 1.807) is 6.20 Å². The molecule has 1 aliphatic rings. The van der Waals surface area contributed by atoms with Gasteiger partial charge in [-0.25, -0.2) is 4.39 Å². The maximum absolute atomic E-state index is 13.4. The number of aromatic nitrogens is 3. The third-order valence-corrected chi connectivity index (χ3v) is 4.12. The second-order valence-electron chi connectivity index (χ2n) is 5.62. The second kappa shape index (κ2) is 5.76. The first-order valence-electron chi connectivity index (χ1n) is 7.34. The van der Waals surface area contributed by atoms with Gasteiger partial charge in [0.15, 0.2) is 0 Å². The molecule has 0 aliphatic heterocycles. The molecule has 1 aliphatic carbocycles. The van der Waals surface area contributed by atoms with Crippen molar-refractivity contribution >= 4 is 5.82 Å². The summed E-state index contributed by atoms with van der Waals surface area (Å²) in [6, 6.07) is 9.68. The first kappa shape index (κ1) is 13.9. The number of anilines is 1. The Hall–Kier alpha value is -2.04. The molecule has 0 unspecified atom stereocenters. The van der Waals surface area contributed by atoms with Crippen molar-refractivity contribution in [3.8, 4) is 0 Å². The molecule has 0 bridgehead atoms. The van der Waals surface area contributed by atoms with E-state index in [1.165, 1.54) is 0 Å². The fraction of sp³-hybridized carbons (Fsp3) is 0.438. The van der Waals surface area contributed by atoms with Crippen molar-refractivity contribution in [1.82, 2.24) is 15.2 Å². The molecule has 1 fully saturated rings. The first-order valence-corrected chi connectivity index (χ1v) is 7.34. The van der Waals surface area contributed by atoms with Crippen LogP contribution in [0.2, 0.25) is 0 Å². The fourth-order valence-corrected chi connectivity index (χ4v) is 2.81. The lowest BCUT2D eigenvalue weighted by molar-refractivity contribution is 0.0996. The maximum atomic E-state index is 13.4. The van der Waals surface area contributed by atoms with Gasteiger partial charge in [-0.15, -0.1) is 5.10 Å². The van der Waals surface area contributed by atoms with Crippen LogP contribution in [0.1, 0.15) is 31.2 Å². The van der Waals surface area contributed by atoms with Gasteiger partial charge in [0.2, 0.25) is 0 Å². The number of hydrogen-bond acceptors (Lipinski definition) is 4. The third kappa shape index (κ3) is 2.86. The highest BCUT2D eigenvalue weighted by Crippen LogP contribution is 2.44.